The standard InChI is InChI=1S/C56H67F6N11O8/c1-35-47(51(76)80-29-27-67(3)4)49(37-15-19-41(63)20-16-37)69(53(78)71(35)43-13-9-11-39(31-43)55(57,58)59)33-45(74)65-23-25-68(5)26-24-66-46(75)34-70-50(38-17-21-42(64)22-18-38)48(52(77)81-30-28-73(6,7)8)36(2)72(54(70)79)44-14-10-12-40(32-44)56(60,61)62/h9-22,31-32,49-50H,23-30,33-34,63-64H2,1-8H3,(H-,65,66,74,75)/p+1/t49-,50-/m1/s1. The van der Waals surface area contributed by atoms with Crippen LogP contribution in [0.1, 0.15) is 48.2 Å². The van der Waals surface area contributed by atoms with Crippen molar-refractivity contribution in [2.75, 3.05) is 129 Å². The quantitative estimate of drug-likeness (QED) is 0.0283. The number of benzene rings is 4. The van der Waals surface area contributed by atoms with Crippen molar-refractivity contribution in [3.05, 3.63) is 142 Å². The number of carbonyl (C=O) groups excluding carboxylic acids is 6. The molecule has 6 amide bonds. The van der Waals surface area contributed by atoms with Gasteiger partial charge >= 0.3 is 36.4 Å². The molecule has 2 heterocycles. The lowest BCUT2D eigenvalue weighted by molar-refractivity contribution is -0.870. The van der Waals surface area contributed by atoms with Gasteiger partial charge in [-0.15, -0.1) is 0 Å². The third-order valence-corrected chi connectivity index (χ3v) is 13.3. The number of alkyl halides is 6. The van der Waals surface area contributed by atoms with E-state index in [1.165, 1.54) is 50.2 Å². The largest absolute Gasteiger partial charge is 0.461 e. The zero-order chi connectivity index (χ0) is 59.7. The van der Waals surface area contributed by atoms with E-state index in [2.05, 4.69) is 10.6 Å². The molecule has 4 aromatic rings. The van der Waals surface area contributed by atoms with Gasteiger partial charge in [-0.25, -0.2) is 19.2 Å². The van der Waals surface area contributed by atoms with Crippen molar-refractivity contribution in [3.63, 3.8) is 0 Å². The number of amides is 6. The molecule has 2 aliphatic rings. The Morgan fingerprint density at radius 2 is 0.975 bits per heavy atom. The maximum absolute atomic E-state index is 14.7. The first kappa shape index (κ1) is 62.0. The number of nitrogens with one attached hydrogen (secondary N) is 2. The Kier molecular flexibility index (Phi) is 19.9. The second-order valence-electron chi connectivity index (χ2n) is 20.8. The predicted octanol–water partition coefficient (Wildman–Crippen LogP) is 6.62. The fraction of sp³-hybridized carbons (Fsp3) is 0.393. The fourth-order valence-electron chi connectivity index (χ4n) is 9.04. The summed E-state index contributed by atoms with van der Waals surface area (Å²) in [5.74, 6) is -3.13. The highest BCUT2D eigenvalue weighted by Crippen LogP contribution is 2.43. The van der Waals surface area contributed by atoms with Crippen LogP contribution >= 0.6 is 0 Å². The van der Waals surface area contributed by atoms with Gasteiger partial charge in [0.2, 0.25) is 11.8 Å². The summed E-state index contributed by atoms with van der Waals surface area (Å²) in [6.45, 7) is 2.39. The van der Waals surface area contributed by atoms with Crippen LogP contribution in [-0.4, -0.2) is 168 Å². The Bertz CT molecular complexity index is 3020. The Balaban J connectivity index is 1.18. The van der Waals surface area contributed by atoms with Gasteiger partial charge in [0.15, 0.2) is 0 Å². The number of halogens is 6. The minimum Gasteiger partial charge on any atom is -0.461 e. The van der Waals surface area contributed by atoms with Gasteiger partial charge < -0.3 is 55.7 Å². The molecular weight excluding hydrogens is 1070 g/mol. The molecule has 0 saturated heterocycles. The van der Waals surface area contributed by atoms with Crippen LogP contribution < -0.4 is 31.9 Å². The minimum atomic E-state index is -4.78. The first-order valence-electron chi connectivity index (χ1n) is 25.7. The lowest BCUT2D eigenvalue weighted by atomic mass is 9.92. The molecule has 2 atom stereocenters. The molecule has 0 unspecified atom stereocenters. The summed E-state index contributed by atoms with van der Waals surface area (Å²) in [4.78, 5) is 93.0. The van der Waals surface area contributed by atoms with Gasteiger partial charge in [0.25, 0.3) is 0 Å². The number of ether oxygens (including phenoxy) is 2. The van der Waals surface area contributed by atoms with E-state index in [4.69, 9.17) is 20.9 Å². The van der Waals surface area contributed by atoms with Crippen molar-refractivity contribution in [2.24, 2.45) is 0 Å². The lowest BCUT2D eigenvalue weighted by Gasteiger charge is -2.42. The van der Waals surface area contributed by atoms with Gasteiger partial charge in [-0.1, -0.05) is 36.4 Å². The number of nitrogen functional groups attached to an aromatic ring is 2. The Morgan fingerprint density at radius 1 is 0.593 bits per heavy atom. The summed E-state index contributed by atoms with van der Waals surface area (Å²) in [7, 11) is 10.9. The molecule has 0 fully saturated rings. The van der Waals surface area contributed by atoms with Gasteiger partial charge in [0, 0.05) is 55.5 Å². The van der Waals surface area contributed by atoms with E-state index in [-0.39, 0.29) is 73.3 Å². The van der Waals surface area contributed by atoms with Gasteiger partial charge in [0.1, 0.15) is 32.8 Å². The highest BCUT2D eigenvalue weighted by atomic mass is 19.4. The zero-order valence-electron chi connectivity index (χ0n) is 46.3. The van der Waals surface area contributed by atoms with Crippen molar-refractivity contribution in [2.45, 2.75) is 38.3 Å². The number of allylic oxidation sites excluding steroid dienone is 2. The van der Waals surface area contributed by atoms with E-state index in [9.17, 15) is 55.1 Å². The average molecular weight is 1140 g/mol. The zero-order valence-corrected chi connectivity index (χ0v) is 46.3. The number of carbonyl (C=O) groups is 6. The summed E-state index contributed by atoms with van der Waals surface area (Å²) in [5.41, 5.74) is 10.6. The molecule has 0 aliphatic carbocycles. The van der Waals surface area contributed by atoms with Crippen molar-refractivity contribution >= 4 is 58.6 Å². The molecule has 0 saturated carbocycles. The number of urea groups is 2. The predicted molar refractivity (Wildman–Crippen MR) is 292 cm³/mol. The first-order chi connectivity index (χ1) is 38.0. The van der Waals surface area contributed by atoms with Crippen molar-refractivity contribution in [1.82, 2.24) is 30.2 Å². The van der Waals surface area contributed by atoms with E-state index >= 15 is 0 Å². The lowest BCUT2D eigenvalue weighted by Crippen LogP contribution is -2.54. The highest BCUT2D eigenvalue weighted by Gasteiger charge is 2.46. The van der Waals surface area contributed by atoms with Crippen LogP contribution in [-0.2, 0) is 41.0 Å². The smallest absolute Gasteiger partial charge is 0.416 e. The summed E-state index contributed by atoms with van der Waals surface area (Å²) in [5, 5.41) is 5.50. The van der Waals surface area contributed by atoms with Crippen molar-refractivity contribution < 1.29 is 69.1 Å². The normalized spacial score (nSPS) is 16.4. The number of hydrogen-bond acceptors (Lipinski definition) is 12. The van der Waals surface area contributed by atoms with E-state index in [0.717, 1.165) is 56.0 Å². The molecule has 0 bridgehead atoms. The second kappa shape index (κ2) is 26.0. The van der Waals surface area contributed by atoms with Crippen LogP contribution in [0.3, 0.4) is 0 Å². The first-order valence-corrected chi connectivity index (χ1v) is 25.7. The molecule has 6 N–H and O–H groups in total. The molecule has 25 heteroatoms. The molecule has 81 heavy (non-hydrogen) atoms. The number of hydrogen-bond donors (Lipinski definition) is 4. The number of nitrogens with two attached hydrogens (primary N) is 2. The number of esters is 2. The number of nitrogens with zero attached hydrogens (tertiary/aromatic N) is 7. The summed E-state index contributed by atoms with van der Waals surface area (Å²) >= 11 is 0. The van der Waals surface area contributed by atoms with E-state index in [0.29, 0.717) is 40.1 Å². The SMILES string of the molecule is CC1=C(C(=O)OCCN(C)C)[C@@H](c2ccc(N)cc2)N(CC(=O)NCCN(C)CCNC(=O)CN2C(=O)N(c3cccc(C(F)(F)F)c3)C(C)=C(C(=O)OCC[N+](C)(C)C)[C@H]2c2ccc(N)cc2)C(=O)N1c1cccc(C(F)(F)F)c1. The van der Waals surface area contributed by atoms with Crippen LogP contribution in [0.5, 0.6) is 0 Å². The molecular formula is C56H68F6N11O8+. The topological polar surface area (TPSA) is 216 Å². The number of quaternary nitrogens is 1. The average Bonchev–Trinajstić information content (AvgIpc) is 3.37. The molecule has 0 aromatic heterocycles. The van der Waals surface area contributed by atoms with Crippen LogP contribution in [0.4, 0.5) is 58.7 Å². The molecule has 0 radical (unpaired) electrons. The fourth-order valence-corrected chi connectivity index (χ4v) is 9.04. The van der Waals surface area contributed by atoms with Crippen LogP contribution in [0.25, 0.3) is 0 Å². The number of rotatable bonds is 22. The molecule has 4 aromatic carbocycles. The Morgan fingerprint density at radius 3 is 1.33 bits per heavy atom. The van der Waals surface area contributed by atoms with E-state index in [1.54, 1.807) is 55.2 Å². The van der Waals surface area contributed by atoms with E-state index in [1.807, 2.05) is 21.1 Å². The van der Waals surface area contributed by atoms with Crippen LogP contribution in [0, 0.1) is 0 Å². The van der Waals surface area contributed by atoms with Crippen LogP contribution in [0.2, 0.25) is 0 Å². The second-order valence-corrected chi connectivity index (χ2v) is 20.8. The molecule has 436 valence electrons. The van der Waals surface area contributed by atoms with E-state index < -0.39 is 84.5 Å². The Hall–Kier alpha value is -8.16. The third kappa shape index (κ3) is 15.8. The highest BCUT2D eigenvalue weighted by molar-refractivity contribution is 6.06. The maximum atomic E-state index is 14.7. The monoisotopic (exact) mass is 1140 g/mol. The summed E-state index contributed by atoms with van der Waals surface area (Å²) < 4.78 is 95.9. The third-order valence-electron chi connectivity index (χ3n) is 13.3. The summed E-state index contributed by atoms with van der Waals surface area (Å²) in [6.07, 6.45) is -9.56. The van der Waals surface area contributed by atoms with Gasteiger partial charge in [-0.3, -0.25) is 19.4 Å². The van der Waals surface area contributed by atoms with Gasteiger partial charge in [-0.05, 0) is 107 Å². The summed E-state index contributed by atoms with van der Waals surface area (Å²) in [6, 6.07) is 16.1. The Labute approximate surface area is 465 Å². The molecule has 0 spiro atoms. The van der Waals surface area contributed by atoms with Gasteiger partial charge in [-0.2, -0.15) is 26.3 Å². The molecule has 2 aliphatic heterocycles. The van der Waals surface area contributed by atoms with Crippen LogP contribution in [0.15, 0.2) is 120 Å². The number of anilines is 4. The molecule has 19 nitrogen and oxygen atoms in total. The maximum Gasteiger partial charge on any atom is 0.416 e. The molecule has 6 rings (SSSR count). The van der Waals surface area contributed by atoms with Crippen molar-refractivity contribution in [1.29, 1.82) is 0 Å². The van der Waals surface area contributed by atoms with Crippen molar-refractivity contribution in [3.8, 4) is 0 Å². The number of likely N-dealkylation sites (N-methyl/N-ethyl adjacent to an activating group) is 3. The van der Waals surface area contributed by atoms with Gasteiger partial charge in [0.05, 0.1) is 66.9 Å². The minimum absolute atomic E-state index is 0.0139.